The van der Waals surface area contributed by atoms with Crippen molar-refractivity contribution in [1.82, 2.24) is 10.1 Å². The van der Waals surface area contributed by atoms with Crippen molar-refractivity contribution in [1.29, 1.82) is 0 Å². The molecule has 3 aromatic carbocycles. The average molecular weight is 485 g/mol. The first kappa shape index (κ1) is 23.1. The highest BCUT2D eigenvalue weighted by atomic mass is 19.1. The first-order chi connectivity index (χ1) is 17.4. The van der Waals surface area contributed by atoms with Gasteiger partial charge in [-0.1, -0.05) is 17.3 Å². The minimum absolute atomic E-state index is 0.262. The van der Waals surface area contributed by atoms with Crippen LogP contribution in [0.1, 0.15) is 27.8 Å². The number of rotatable bonds is 6. The maximum absolute atomic E-state index is 13.7. The number of hydrogen-bond acceptors (Lipinski definition) is 7. The number of carbonyl (C=O) groups is 3. The molecule has 2 heterocycles. The number of benzene rings is 3. The van der Waals surface area contributed by atoms with Crippen LogP contribution in [0.5, 0.6) is 5.75 Å². The molecule has 0 radical (unpaired) electrons. The lowest BCUT2D eigenvalue weighted by molar-refractivity contribution is -0.135. The predicted octanol–water partition coefficient (Wildman–Crippen LogP) is 4.35. The third kappa shape index (κ3) is 4.04. The molecular weight excluding hydrogens is 465 g/mol. The summed E-state index contributed by atoms with van der Waals surface area (Å²) < 4.78 is 24.0. The van der Waals surface area contributed by atoms with E-state index in [4.69, 9.17) is 9.26 Å². The van der Waals surface area contributed by atoms with E-state index in [1.54, 1.807) is 55.5 Å². The minimum Gasteiger partial charge on any atom is -0.497 e. The second kappa shape index (κ2) is 9.18. The molecule has 2 unspecified atom stereocenters. The SMILES string of the molecule is COc1ccc(C(=O)C2C(=O)C(=O)N(c3ccc(-c4nc(C)no4)cc3)C2c2ccc(F)cc2)cc1. The van der Waals surface area contributed by atoms with E-state index in [9.17, 15) is 18.8 Å². The highest BCUT2D eigenvalue weighted by Gasteiger charge is 2.52. The Hall–Kier alpha value is -4.66. The van der Waals surface area contributed by atoms with Gasteiger partial charge in [-0.25, -0.2) is 4.39 Å². The fourth-order valence-electron chi connectivity index (χ4n) is 4.33. The van der Waals surface area contributed by atoms with Crippen LogP contribution in [0.15, 0.2) is 77.3 Å². The Morgan fingerprint density at radius 2 is 1.64 bits per heavy atom. The van der Waals surface area contributed by atoms with E-state index in [0.717, 1.165) is 0 Å². The molecule has 1 aliphatic rings. The van der Waals surface area contributed by atoms with E-state index >= 15 is 0 Å². The molecule has 0 spiro atoms. The second-order valence-electron chi connectivity index (χ2n) is 8.30. The molecular formula is C27H20FN3O5. The topological polar surface area (TPSA) is 103 Å². The standard InChI is InChI=1S/C27H20FN3O5/c1-15-29-26(36-30-15)18-5-11-20(12-6-18)31-23(16-3-9-19(28)10-4-16)22(25(33)27(31)34)24(32)17-7-13-21(35-2)14-8-17/h3-14,22-23H,1-2H3. The van der Waals surface area contributed by atoms with Crippen molar-refractivity contribution in [3.8, 4) is 17.2 Å². The fourth-order valence-corrected chi connectivity index (χ4v) is 4.33. The Balaban J connectivity index is 1.57. The van der Waals surface area contributed by atoms with E-state index in [0.29, 0.717) is 34.3 Å². The number of Topliss-reactive ketones (excluding diaryl/α,β-unsaturated/α-hetero) is 2. The Morgan fingerprint density at radius 1 is 0.972 bits per heavy atom. The van der Waals surface area contributed by atoms with Gasteiger partial charge in [0.15, 0.2) is 11.6 Å². The summed E-state index contributed by atoms with van der Waals surface area (Å²) in [5.74, 6) is -2.61. The molecule has 0 aliphatic carbocycles. The van der Waals surface area contributed by atoms with Gasteiger partial charge in [-0.15, -0.1) is 0 Å². The van der Waals surface area contributed by atoms with Crippen molar-refractivity contribution in [2.45, 2.75) is 13.0 Å². The van der Waals surface area contributed by atoms with Gasteiger partial charge in [-0.2, -0.15) is 4.98 Å². The molecule has 180 valence electrons. The highest BCUT2D eigenvalue weighted by molar-refractivity contribution is 6.49. The number of carbonyl (C=O) groups excluding carboxylic acids is 3. The van der Waals surface area contributed by atoms with Crippen LogP contribution < -0.4 is 9.64 Å². The van der Waals surface area contributed by atoms with Crippen molar-refractivity contribution in [2.24, 2.45) is 5.92 Å². The quantitative estimate of drug-likeness (QED) is 0.227. The lowest BCUT2D eigenvalue weighted by atomic mass is 9.86. The Bertz CT molecular complexity index is 1450. The molecule has 1 saturated heterocycles. The van der Waals surface area contributed by atoms with E-state index in [-0.39, 0.29) is 5.56 Å². The molecule has 0 N–H and O–H groups in total. The number of nitrogens with zero attached hydrogens (tertiary/aromatic N) is 3. The molecule has 5 rings (SSSR count). The summed E-state index contributed by atoms with van der Waals surface area (Å²) in [6.45, 7) is 1.70. The Morgan fingerprint density at radius 3 is 2.22 bits per heavy atom. The number of methoxy groups -OCH3 is 1. The third-order valence-corrected chi connectivity index (χ3v) is 6.09. The number of amides is 1. The lowest BCUT2D eigenvalue weighted by Gasteiger charge is -2.27. The second-order valence-corrected chi connectivity index (χ2v) is 8.30. The fraction of sp³-hybridized carbons (Fsp3) is 0.148. The zero-order chi connectivity index (χ0) is 25.4. The molecule has 1 amide bonds. The minimum atomic E-state index is -1.31. The number of hydrogen-bond donors (Lipinski definition) is 0. The van der Waals surface area contributed by atoms with Crippen LogP contribution in [-0.4, -0.2) is 34.7 Å². The van der Waals surface area contributed by atoms with Gasteiger partial charge in [0.05, 0.1) is 13.2 Å². The van der Waals surface area contributed by atoms with Crippen LogP contribution in [0.2, 0.25) is 0 Å². The maximum Gasteiger partial charge on any atom is 0.295 e. The first-order valence-electron chi connectivity index (χ1n) is 11.1. The molecule has 0 saturated carbocycles. The van der Waals surface area contributed by atoms with Crippen LogP contribution in [-0.2, 0) is 9.59 Å². The number of halogens is 1. The highest BCUT2D eigenvalue weighted by Crippen LogP contribution is 2.41. The summed E-state index contributed by atoms with van der Waals surface area (Å²) in [5, 5.41) is 3.77. The van der Waals surface area contributed by atoms with Crippen molar-refractivity contribution < 1.29 is 28.0 Å². The third-order valence-electron chi connectivity index (χ3n) is 6.09. The summed E-state index contributed by atoms with van der Waals surface area (Å²) in [5.41, 5.74) is 1.74. The summed E-state index contributed by atoms with van der Waals surface area (Å²) in [6.07, 6.45) is 0. The lowest BCUT2D eigenvalue weighted by Crippen LogP contribution is -2.30. The van der Waals surface area contributed by atoms with Gasteiger partial charge in [-0.3, -0.25) is 19.3 Å². The number of anilines is 1. The molecule has 1 aromatic heterocycles. The smallest absolute Gasteiger partial charge is 0.295 e. The Kier molecular flexibility index (Phi) is 5.89. The number of ether oxygens (including phenoxy) is 1. The van der Waals surface area contributed by atoms with Crippen LogP contribution in [0, 0.1) is 18.7 Å². The maximum atomic E-state index is 13.7. The zero-order valence-electron chi connectivity index (χ0n) is 19.3. The molecule has 8 nitrogen and oxygen atoms in total. The summed E-state index contributed by atoms with van der Waals surface area (Å²) in [7, 11) is 1.50. The van der Waals surface area contributed by atoms with Crippen LogP contribution >= 0.6 is 0 Å². The number of aromatic nitrogens is 2. The van der Waals surface area contributed by atoms with E-state index < -0.39 is 35.3 Å². The largest absolute Gasteiger partial charge is 0.497 e. The predicted molar refractivity (Wildman–Crippen MR) is 127 cm³/mol. The normalized spacial score (nSPS) is 17.5. The van der Waals surface area contributed by atoms with Gasteiger partial charge in [-0.05, 0) is 73.2 Å². The average Bonchev–Trinajstić information content (AvgIpc) is 3.45. The van der Waals surface area contributed by atoms with Crippen molar-refractivity contribution in [3.05, 3.63) is 95.6 Å². The summed E-state index contributed by atoms with van der Waals surface area (Å²) in [6, 6.07) is 17.4. The summed E-state index contributed by atoms with van der Waals surface area (Å²) >= 11 is 0. The van der Waals surface area contributed by atoms with Crippen LogP contribution in [0.25, 0.3) is 11.5 Å². The van der Waals surface area contributed by atoms with Gasteiger partial charge in [0.25, 0.3) is 11.8 Å². The van der Waals surface area contributed by atoms with Crippen LogP contribution in [0.4, 0.5) is 10.1 Å². The monoisotopic (exact) mass is 485 g/mol. The van der Waals surface area contributed by atoms with Gasteiger partial charge < -0.3 is 9.26 Å². The number of ketones is 2. The summed E-state index contributed by atoms with van der Waals surface area (Å²) in [4.78, 5) is 45.5. The van der Waals surface area contributed by atoms with Gasteiger partial charge in [0.1, 0.15) is 17.5 Å². The molecule has 9 heteroatoms. The van der Waals surface area contributed by atoms with Crippen molar-refractivity contribution in [2.75, 3.05) is 12.0 Å². The van der Waals surface area contributed by atoms with Gasteiger partial charge >= 0.3 is 0 Å². The zero-order valence-corrected chi connectivity index (χ0v) is 19.3. The Labute approximate surface area is 205 Å². The molecule has 36 heavy (non-hydrogen) atoms. The van der Waals surface area contributed by atoms with E-state index in [2.05, 4.69) is 10.1 Å². The molecule has 4 aromatic rings. The molecule has 1 fully saturated rings. The molecule has 2 atom stereocenters. The molecule has 0 bridgehead atoms. The van der Waals surface area contributed by atoms with Crippen LogP contribution in [0.3, 0.4) is 0 Å². The molecule has 1 aliphatic heterocycles. The van der Waals surface area contributed by atoms with Gasteiger partial charge in [0.2, 0.25) is 5.78 Å². The van der Waals surface area contributed by atoms with Crippen molar-refractivity contribution >= 4 is 23.2 Å². The van der Waals surface area contributed by atoms with E-state index in [1.165, 1.54) is 36.3 Å². The number of aryl methyl sites for hydroxylation is 1. The van der Waals surface area contributed by atoms with E-state index in [1.807, 2.05) is 0 Å². The van der Waals surface area contributed by atoms with Crippen molar-refractivity contribution in [3.63, 3.8) is 0 Å². The van der Waals surface area contributed by atoms with Gasteiger partial charge in [0, 0.05) is 16.8 Å². The first-order valence-corrected chi connectivity index (χ1v) is 11.1.